The van der Waals surface area contributed by atoms with Crippen molar-refractivity contribution in [3.05, 3.63) is 108 Å². The van der Waals surface area contributed by atoms with Crippen LogP contribution in [0.3, 0.4) is 0 Å². The van der Waals surface area contributed by atoms with Crippen LogP contribution in [0.5, 0.6) is 11.5 Å². The maximum atomic E-state index is 11.5. The molecule has 0 bridgehead atoms. The fourth-order valence-electron chi connectivity index (χ4n) is 3.13. The smallest absolute Gasteiger partial charge is 0.872 e. The predicted octanol–water partition coefficient (Wildman–Crippen LogP) is 4.94. The van der Waals surface area contributed by atoms with E-state index in [0.717, 1.165) is 22.7 Å². The Labute approximate surface area is 237 Å². The van der Waals surface area contributed by atoms with Crippen LogP contribution < -0.4 is 20.8 Å². The van der Waals surface area contributed by atoms with Crippen molar-refractivity contribution >= 4 is 47.0 Å². The number of hydrogen-bond acceptors (Lipinski definition) is 6. The van der Waals surface area contributed by atoms with E-state index in [1.54, 1.807) is 84.9 Å². The number of nitrogens with one attached hydrogen (secondary N) is 2. The maximum Gasteiger partial charge on any atom is 2.00 e. The van der Waals surface area contributed by atoms with E-state index >= 15 is 0 Å². The van der Waals surface area contributed by atoms with Crippen LogP contribution in [0.2, 0.25) is 0 Å². The maximum absolute atomic E-state index is 11.5. The number of anilines is 2. The van der Waals surface area contributed by atoms with Crippen molar-refractivity contribution in [2.75, 3.05) is 10.6 Å². The van der Waals surface area contributed by atoms with Gasteiger partial charge in [0, 0.05) is 37.7 Å². The number of hydrogen-bond donors (Lipinski definition) is 2. The Balaban J connectivity index is 0.000000267. The van der Waals surface area contributed by atoms with Gasteiger partial charge in [0.25, 0.3) is 0 Å². The topological polar surface area (TPSA) is 129 Å². The van der Waals surface area contributed by atoms with Crippen molar-refractivity contribution in [3.63, 3.8) is 0 Å². The van der Waals surface area contributed by atoms with E-state index in [-0.39, 0.29) is 40.1 Å². The molecule has 4 aromatic carbocycles. The van der Waals surface area contributed by atoms with Gasteiger partial charge in [-0.15, -0.1) is 11.5 Å². The number of nitrogens with zero attached hydrogens (tertiary/aromatic N) is 2. The van der Waals surface area contributed by atoms with Gasteiger partial charge in [0.15, 0.2) is 0 Å². The van der Waals surface area contributed by atoms with Crippen LogP contribution >= 0.6 is 0 Å². The Morgan fingerprint density at radius 2 is 0.923 bits per heavy atom. The van der Waals surface area contributed by atoms with Crippen LogP contribution in [-0.2, 0) is 26.4 Å². The number of carbonyl (C=O) groups excluding carboxylic acids is 2. The summed E-state index contributed by atoms with van der Waals surface area (Å²) in [5, 5.41) is 28.3. The number of amides is 2. The third-order valence-electron chi connectivity index (χ3n) is 4.92. The molecule has 4 aromatic rings. The van der Waals surface area contributed by atoms with Crippen molar-refractivity contribution in [2.45, 2.75) is 13.8 Å². The number of aliphatic imine (C=N–C) groups is 2. The summed E-state index contributed by atoms with van der Waals surface area (Å²) in [6, 6.07) is 27.6. The van der Waals surface area contributed by atoms with Gasteiger partial charge in [-0.3, -0.25) is 19.6 Å². The largest absolute Gasteiger partial charge is 2.00 e. The number of rotatable bonds is 6. The van der Waals surface area contributed by atoms with Crippen LogP contribution in [-0.4, -0.2) is 24.2 Å². The second-order valence-electron chi connectivity index (χ2n) is 8.05. The van der Waals surface area contributed by atoms with Crippen LogP contribution in [0.25, 0.3) is 0 Å². The van der Waals surface area contributed by atoms with Crippen molar-refractivity contribution in [3.8, 4) is 11.5 Å². The molecule has 0 saturated carbocycles. The van der Waals surface area contributed by atoms with Crippen molar-refractivity contribution in [1.82, 2.24) is 0 Å². The third kappa shape index (κ3) is 10.6. The fourth-order valence-corrected chi connectivity index (χ4v) is 3.13. The summed E-state index contributed by atoms with van der Waals surface area (Å²) in [5.74, 6) is -0.338. The zero-order chi connectivity index (χ0) is 27.3. The van der Waals surface area contributed by atoms with E-state index in [2.05, 4.69) is 20.6 Å². The standard InChI is InChI=1S/2C15H14N2O2.Co/c2*1-11(18)17-14-8-6-13(7-9-14)16-10-12-4-2-3-5-15(12)19;/h2*2-10,19H,1H3,(H,17,18);/q;;+2/p-2. The summed E-state index contributed by atoms with van der Waals surface area (Å²) >= 11 is 0. The average Bonchev–Trinajstić information content (AvgIpc) is 2.89. The molecule has 2 N–H and O–H groups in total. The number of carbonyl (C=O) groups is 2. The first kappa shape index (κ1) is 30.5. The molecule has 0 unspecified atom stereocenters. The van der Waals surface area contributed by atoms with Gasteiger partial charge in [-0.25, -0.2) is 0 Å². The quantitative estimate of drug-likeness (QED) is 0.321. The minimum absolute atomic E-state index is 0. The molecule has 0 fully saturated rings. The molecule has 199 valence electrons. The molecule has 0 saturated heterocycles. The summed E-state index contributed by atoms with van der Waals surface area (Å²) in [5.41, 5.74) is 3.97. The van der Waals surface area contributed by atoms with Gasteiger partial charge < -0.3 is 20.8 Å². The van der Waals surface area contributed by atoms with Gasteiger partial charge in [-0.05, 0) is 59.7 Å². The normalized spacial score (nSPS) is 10.3. The molecule has 0 aromatic heterocycles. The summed E-state index contributed by atoms with van der Waals surface area (Å²) in [7, 11) is 0. The Morgan fingerprint density at radius 1 is 0.590 bits per heavy atom. The van der Waals surface area contributed by atoms with Crippen molar-refractivity contribution in [2.24, 2.45) is 9.98 Å². The molecule has 0 aliphatic heterocycles. The van der Waals surface area contributed by atoms with Crippen LogP contribution in [0.15, 0.2) is 107 Å². The van der Waals surface area contributed by atoms with Crippen LogP contribution in [0, 0.1) is 0 Å². The molecule has 9 heteroatoms. The summed E-state index contributed by atoms with van der Waals surface area (Å²) in [6.45, 7) is 2.91. The molecule has 0 atom stereocenters. The zero-order valence-electron chi connectivity index (χ0n) is 21.3. The Bertz CT molecular complexity index is 1330. The Kier molecular flexibility index (Phi) is 12.1. The Morgan fingerprint density at radius 3 is 1.23 bits per heavy atom. The first-order chi connectivity index (χ1) is 18.3. The minimum atomic E-state index is -0.114. The third-order valence-corrected chi connectivity index (χ3v) is 4.92. The summed E-state index contributed by atoms with van der Waals surface area (Å²) in [6.07, 6.45) is 3.07. The molecular formula is C30H26CoN4O4. The molecule has 4 rings (SSSR count). The average molecular weight is 565 g/mol. The minimum Gasteiger partial charge on any atom is -0.872 e. The molecule has 0 aliphatic rings. The van der Waals surface area contributed by atoms with E-state index in [9.17, 15) is 19.8 Å². The molecule has 8 nitrogen and oxygen atoms in total. The monoisotopic (exact) mass is 565 g/mol. The van der Waals surface area contributed by atoms with E-state index in [1.165, 1.54) is 38.4 Å². The van der Waals surface area contributed by atoms with Gasteiger partial charge >= 0.3 is 16.8 Å². The summed E-state index contributed by atoms with van der Waals surface area (Å²) < 4.78 is 0. The predicted molar refractivity (Wildman–Crippen MR) is 148 cm³/mol. The fraction of sp³-hybridized carbons (Fsp3) is 0.0667. The second kappa shape index (κ2) is 15.5. The molecule has 0 aliphatic carbocycles. The molecule has 1 radical (unpaired) electrons. The van der Waals surface area contributed by atoms with E-state index in [0.29, 0.717) is 11.1 Å². The second-order valence-corrected chi connectivity index (χ2v) is 8.05. The van der Waals surface area contributed by atoms with Gasteiger partial charge in [0.2, 0.25) is 11.8 Å². The zero-order valence-corrected chi connectivity index (χ0v) is 22.3. The number of benzene rings is 4. The first-order valence-corrected chi connectivity index (χ1v) is 11.7. The molecular weight excluding hydrogens is 539 g/mol. The van der Waals surface area contributed by atoms with Gasteiger partial charge in [0.1, 0.15) is 0 Å². The van der Waals surface area contributed by atoms with E-state index in [1.807, 2.05) is 0 Å². The number of para-hydroxylation sites is 2. The molecule has 39 heavy (non-hydrogen) atoms. The van der Waals surface area contributed by atoms with Gasteiger partial charge in [-0.2, -0.15) is 0 Å². The van der Waals surface area contributed by atoms with E-state index in [4.69, 9.17) is 0 Å². The Hall–Kier alpha value is -4.73. The molecule has 0 heterocycles. The first-order valence-electron chi connectivity index (χ1n) is 11.7. The molecule has 2 amide bonds. The van der Waals surface area contributed by atoms with E-state index < -0.39 is 0 Å². The summed E-state index contributed by atoms with van der Waals surface area (Å²) in [4.78, 5) is 30.2. The van der Waals surface area contributed by atoms with Crippen molar-refractivity contribution < 1.29 is 36.6 Å². The molecule has 0 spiro atoms. The van der Waals surface area contributed by atoms with Gasteiger partial charge in [0.05, 0.1) is 11.4 Å². The van der Waals surface area contributed by atoms with Gasteiger partial charge in [-0.1, -0.05) is 48.5 Å². The van der Waals surface area contributed by atoms with Crippen molar-refractivity contribution in [1.29, 1.82) is 0 Å². The van der Waals surface area contributed by atoms with Crippen LogP contribution in [0.1, 0.15) is 25.0 Å². The SMILES string of the molecule is CC(=O)Nc1ccc(N=Cc2ccccc2[O-])cc1.CC(=O)Nc1ccc(N=Cc2ccccc2[O-])cc1.[Co+2]. The van der Waals surface area contributed by atoms with Crippen LogP contribution in [0.4, 0.5) is 22.7 Å².